The quantitative estimate of drug-likeness (QED) is 0.521. The van der Waals surface area contributed by atoms with E-state index >= 15 is 0 Å². The van der Waals surface area contributed by atoms with Gasteiger partial charge in [-0.1, -0.05) is 30.3 Å². The first kappa shape index (κ1) is 20.1. The van der Waals surface area contributed by atoms with Crippen LogP contribution in [0.3, 0.4) is 0 Å². The van der Waals surface area contributed by atoms with Crippen LogP contribution in [0.1, 0.15) is 17.4 Å². The molecule has 0 bridgehead atoms. The zero-order valence-electron chi connectivity index (χ0n) is 18.0. The minimum atomic E-state index is 0.0199. The van der Waals surface area contributed by atoms with Crippen molar-refractivity contribution in [3.8, 4) is 17.1 Å². The molecule has 7 nitrogen and oxygen atoms in total. The van der Waals surface area contributed by atoms with Crippen LogP contribution in [0.2, 0.25) is 0 Å². The third-order valence-electron chi connectivity index (χ3n) is 5.70. The maximum atomic E-state index is 13.1. The number of carbonyl (C=O) groups is 1. The molecule has 7 heteroatoms. The van der Waals surface area contributed by atoms with Crippen LogP contribution in [0, 0.1) is 0 Å². The Bertz CT molecular complexity index is 1230. The van der Waals surface area contributed by atoms with E-state index < -0.39 is 0 Å². The molecule has 0 unspecified atom stereocenters. The number of aromatic amines is 1. The van der Waals surface area contributed by atoms with Crippen LogP contribution < -0.4 is 9.64 Å². The van der Waals surface area contributed by atoms with Crippen molar-refractivity contribution in [1.29, 1.82) is 0 Å². The third-order valence-corrected chi connectivity index (χ3v) is 5.70. The molecular formula is C25H25N5O2. The largest absolute Gasteiger partial charge is 0.494 e. The number of fused-ring (bicyclic) bond motifs is 1. The predicted octanol–water partition coefficient (Wildman–Crippen LogP) is 3.99. The highest BCUT2D eigenvalue weighted by molar-refractivity contribution is 5.98. The Morgan fingerprint density at radius 2 is 1.84 bits per heavy atom. The first-order chi connectivity index (χ1) is 15.7. The number of nitrogens with one attached hydrogen (secondary N) is 1. The molecule has 2 aromatic heterocycles. The van der Waals surface area contributed by atoms with Crippen molar-refractivity contribution in [2.45, 2.75) is 6.92 Å². The zero-order chi connectivity index (χ0) is 21.9. The van der Waals surface area contributed by atoms with Crippen molar-refractivity contribution in [2.75, 3.05) is 37.7 Å². The molecule has 1 saturated heterocycles. The molecule has 2 aromatic carbocycles. The van der Waals surface area contributed by atoms with Crippen LogP contribution in [0.4, 0.5) is 5.82 Å². The summed E-state index contributed by atoms with van der Waals surface area (Å²) in [6.45, 7) is 5.31. The molecule has 0 aliphatic carbocycles. The Morgan fingerprint density at radius 3 is 2.62 bits per heavy atom. The normalized spacial score (nSPS) is 14.0. The van der Waals surface area contributed by atoms with Gasteiger partial charge < -0.3 is 19.5 Å². The average Bonchev–Trinajstić information content (AvgIpc) is 3.28. The number of rotatable bonds is 5. The lowest BCUT2D eigenvalue weighted by molar-refractivity contribution is 0.0741. The number of ether oxygens (including phenoxy) is 1. The molecule has 3 heterocycles. The van der Waals surface area contributed by atoms with Crippen LogP contribution in [0.25, 0.3) is 22.3 Å². The number of H-pyrrole nitrogens is 1. The van der Waals surface area contributed by atoms with Gasteiger partial charge >= 0.3 is 0 Å². The molecule has 1 fully saturated rings. The van der Waals surface area contributed by atoms with E-state index in [2.05, 4.69) is 14.9 Å². The van der Waals surface area contributed by atoms with E-state index in [0.717, 1.165) is 41.1 Å². The fraction of sp³-hybridized carbons (Fsp3) is 0.240. The zero-order valence-corrected chi connectivity index (χ0v) is 18.0. The van der Waals surface area contributed by atoms with Gasteiger partial charge in [-0.05, 0) is 31.2 Å². The van der Waals surface area contributed by atoms with Gasteiger partial charge in [-0.15, -0.1) is 0 Å². The number of aromatic nitrogens is 3. The number of amides is 1. The number of hydrogen-bond acceptors (Lipinski definition) is 5. The van der Waals surface area contributed by atoms with Gasteiger partial charge in [-0.2, -0.15) is 0 Å². The van der Waals surface area contributed by atoms with E-state index in [0.29, 0.717) is 31.2 Å². The lowest BCUT2D eigenvalue weighted by Gasteiger charge is -2.35. The Labute approximate surface area is 186 Å². The van der Waals surface area contributed by atoms with E-state index in [1.54, 1.807) is 6.20 Å². The van der Waals surface area contributed by atoms with Crippen LogP contribution in [-0.2, 0) is 0 Å². The standard InChI is InChI=1S/C25H25N5O2/c1-2-32-20-9-8-19-16-22(27-21(19)17-20)25(31)30-14-12-29(13-15-30)23-10-11-26-24(28-23)18-6-4-3-5-7-18/h3-11,16-17,27H,2,12-15H2,1H3. The van der Waals surface area contributed by atoms with Gasteiger partial charge in [0.2, 0.25) is 0 Å². The molecule has 1 aliphatic heterocycles. The maximum Gasteiger partial charge on any atom is 0.270 e. The second-order valence-corrected chi connectivity index (χ2v) is 7.75. The van der Waals surface area contributed by atoms with Crippen LogP contribution >= 0.6 is 0 Å². The second-order valence-electron chi connectivity index (χ2n) is 7.75. The molecule has 1 amide bonds. The van der Waals surface area contributed by atoms with Gasteiger partial charge in [0.25, 0.3) is 5.91 Å². The van der Waals surface area contributed by atoms with Gasteiger partial charge in [0, 0.05) is 54.9 Å². The molecule has 32 heavy (non-hydrogen) atoms. The predicted molar refractivity (Wildman–Crippen MR) is 125 cm³/mol. The molecule has 162 valence electrons. The maximum absolute atomic E-state index is 13.1. The Morgan fingerprint density at radius 1 is 1.03 bits per heavy atom. The monoisotopic (exact) mass is 427 g/mol. The summed E-state index contributed by atoms with van der Waals surface area (Å²) in [5.74, 6) is 2.42. The minimum absolute atomic E-state index is 0.0199. The summed E-state index contributed by atoms with van der Waals surface area (Å²) in [6.07, 6.45) is 1.79. The number of benzene rings is 2. The summed E-state index contributed by atoms with van der Waals surface area (Å²) >= 11 is 0. The first-order valence-corrected chi connectivity index (χ1v) is 10.9. The van der Waals surface area contributed by atoms with E-state index in [1.807, 2.05) is 72.5 Å². The summed E-state index contributed by atoms with van der Waals surface area (Å²) in [6, 6.07) is 19.6. The molecule has 0 saturated carbocycles. The summed E-state index contributed by atoms with van der Waals surface area (Å²) in [7, 11) is 0. The van der Waals surface area contributed by atoms with E-state index in [9.17, 15) is 4.79 Å². The molecule has 1 N–H and O–H groups in total. The minimum Gasteiger partial charge on any atom is -0.494 e. The van der Waals surface area contributed by atoms with Crippen molar-refractivity contribution >= 4 is 22.6 Å². The van der Waals surface area contributed by atoms with Gasteiger partial charge in [0.15, 0.2) is 5.82 Å². The Kier molecular flexibility index (Phi) is 5.46. The summed E-state index contributed by atoms with van der Waals surface area (Å²) in [5.41, 5.74) is 2.51. The van der Waals surface area contributed by atoms with Gasteiger partial charge in [-0.3, -0.25) is 4.79 Å². The number of anilines is 1. The highest BCUT2D eigenvalue weighted by Gasteiger charge is 2.24. The lowest BCUT2D eigenvalue weighted by atomic mass is 10.2. The molecule has 0 spiro atoms. The average molecular weight is 428 g/mol. The fourth-order valence-electron chi connectivity index (χ4n) is 4.04. The van der Waals surface area contributed by atoms with Crippen LogP contribution in [0.5, 0.6) is 5.75 Å². The van der Waals surface area contributed by atoms with E-state index in [1.165, 1.54) is 0 Å². The van der Waals surface area contributed by atoms with Crippen molar-refractivity contribution in [3.05, 3.63) is 72.6 Å². The number of carbonyl (C=O) groups excluding carboxylic acids is 1. The van der Waals surface area contributed by atoms with Gasteiger partial charge in [-0.25, -0.2) is 9.97 Å². The van der Waals surface area contributed by atoms with E-state index in [-0.39, 0.29) is 5.91 Å². The Balaban J connectivity index is 1.27. The smallest absolute Gasteiger partial charge is 0.270 e. The van der Waals surface area contributed by atoms with Crippen molar-refractivity contribution < 1.29 is 9.53 Å². The van der Waals surface area contributed by atoms with Crippen LogP contribution in [-0.4, -0.2) is 58.5 Å². The van der Waals surface area contributed by atoms with Gasteiger partial charge in [0.1, 0.15) is 17.3 Å². The topological polar surface area (TPSA) is 74.3 Å². The van der Waals surface area contributed by atoms with Crippen LogP contribution in [0.15, 0.2) is 66.9 Å². The summed E-state index contributed by atoms with van der Waals surface area (Å²) in [5, 5.41) is 1.00. The van der Waals surface area contributed by atoms with Crippen molar-refractivity contribution in [1.82, 2.24) is 19.9 Å². The fourth-order valence-corrected chi connectivity index (χ4v) is 4.04. The van der Waals surface area contributed by atoms with E-state index in [4.69, 9.17) is 9.72 Å². The molecule has 0 atom stereocenters. The van der Waals surface area contributed by atoms with Gasteiger partial charge in [0.05, 0.1) is 6.61 Å². The first-order valence-electron chi connectivity index (χ1n) is 10.9. The number of piperazine rings is 1. The number of nitrogens with zero attached hydrogens (tertiary/aromatic N) is 4. The van der Waals surface area contributed by atoms with Crippen molar-refractivity contribution in [3.63, 3.8) is 0 Å². The number of hydrogen-bond donors (Lipinski definition) is 1. The third kappa shape index (κ3) is 4.01. The highest BCUT2D eigenvalue weighted by atomic mass is 16.5. The second kappa shape index (κ2) is 8.70. The summed E-state index contributed by atoms with van der Waals surface area (Å²) in [4.78, 5) is 29.6. The highest BCUT2D eigenvalue weighted by Crippen LogP contribution is 2.23. The molecule has 1 aliphatic rings. The molecular weight excluding hydrogens is 402 g/mol. The molecule has 4 aromatic rings. The lowest BCUT2D eigenvalue weighted by Crippen LogP contribution is -2.49. The summed E-state index contributed by atoms with van der Waals surface area (Å²) < 4.78 is 5.56. The Hall–Kier alpha value is -3.87. The molecule has 5 rings (SSSR count). The SMILES string of the molecule is CCOc1ccc2cc(C(=O)N3CCN(c4ccnc(-c5ccccc5)n4)CC3)[nH]c2c1. The van der Waals surface area contributed by atoms with Crippen molar-refractivity contribution in [2.24, 2.45) is 0 Å². The molecule has 0 radical (unpaired) electrons.